The highest BCUT2D eigenvalue weighted by atomic mass is 32.2. The third kappa shape index (κ3) is 2.97. The lowest BCUT2D eigenvalue weighted by Crippen LogP contribution is -2.48. The van der Waals surface area contributed by atoms with Gasteiger partial charge in [-0.2, -0.15) is 0 Å². The monoisotopic (exact) mass is 321 g/mol. The van der Waals surface area contributed by atoms with Crippen LogP contribution in [0.4, 0.5) is 10.1 Å². The first kappa shape index (κ1) is 15.3. The molecule has 0 radical (unpaired) electrons. The predicted molar refractivity (Wildman–Crippen MR) is 89.5 cm³/mol. The molecule has 118 valence electrons. The summed E-state index contributed by atoms with van der Waals surface area (Å²) in [7, 11) is 0. The van der Waals surface area contributed by atoms with Crippen molar-refractivity contribution in [2.45, 2.75) is 19.1 Å². The molecule has 2 heterocycles. The summed E-state index contributed by atoms with van der Waals surface area (Å²) in [6, 6.07) is 4.85. The third-order valence-corrected chi connectivity index (χ3v) is 5.17. The number of aliphatic imine (C=N–C) groups is 1. The number of piperazine rings is 1. The third-order valence-electron chi connectivity index (χ3n) is 4.02. The van der Waals surface area contributed by atoms with Crippen molar-refractivity contribution < 1.29 is 9.18 Å². The van der Waals surface area contributed by atoms with E-state index in [1.54, 1.807) is 6.07 Å². The van der Waals surface area contributed by atoms with Crippen molar-refractivity contribution in [3.8, 4) is 0 Å². The molecule has 2 aliphatic rings. The lowest BCUT2D eigenvalue weighted by atomic mass is 10.1. The minimum Gasteiger partial charge on any atom is -0.367 e. The van der Waals surface area contributed by atoms with E-state index in [2.05, 4.69) is 21.7 Å². The number of amidine groups is 1. The summed E-state index contributed by atoms with van der Waals surface area (Å²) < 4.78 is 13.9. The highest BCUT2D eigenvalue weighted by molar-refractivity contribution is 8.14. The van der Waals surface area contributed by atoms with Crippen LogP contribution in [0.5, 0.6) is 0 Å². The minimum atomic E-state index is -0.433. The van der Waals surface area contributed by atoms with Crippen LogP contribution >= 0.6 is 11.8 Å². The van der Waals surface area contributed by atoms with Gasteiger partial charge in [-0.1, -0.05) is 24.8 Å². The van der Waals surface area contributed by atoms with Gasteiger partial charge >= 0.3 is 0 Å². The van der Waals surface area contributed by atoms with Crippen LogP contribution in [0.2, 0.25) is 0 Å². The van der Waals surface area contributed by atoms with Crippen LogP contribution < -0.4 is 4.90 Å². The summed E-state index contributed by atoms with van der Waals surface area (Å²) in [6.45, 7) is 7.75. The van der Waals surface area contributed by atoms with Gasteiger partial charge in [0, 0.05) is 31.4 Å². The van der Waals surface area contributed by atoms with Crippen molar-refractivity contribution in [1.82, 2.24) is 4.90 Å². The highest BCUT2D eigenvalue weighted by Gasteiger charge is 2.26. The van der Waals surface area contributed by atoms with Crippen molar-refractivity contribution >= 4 is 28.4 Å². The number of nitrogens with zero attached hydrogens (tertiary/aromatic N) is 3. The molecular formula is C16H20FN3OS. The fourth-order valence-corrected chi connectivity index (χ4v) is 3.89. The molecule has 3 rings (SSSR count). The highest BCUT2D eigenvalue weighted by Crippen LogP contribution is 2.27. The standard InChI is InChI=1S/C16H20FN3OS/c1-11-10-18-16(22-11)20-8-6-19(7-9-20)14-5-3-4-13(17)15(14)12(2)21/h3-5,11H,6-10H2,1-2H3/t11-/m1/s1. The zero-order valence-corrected chi connectivity index (χ0v) is 13.7. The normalized spacial score (nSPS) is 22.0. The van der Waals surface area contributed by atoms with Crippen molar-refractivity contribution in [2.24, 2.45) is 4.99 Å². The van der Waals surface area contributed by atoms with Crippen molar-refractivity contribution in [1.29, 1.82) is 0 Å². The molecule has 0 saturated carbocycles. The Morgan fingerprint density at radius 2 is 1.95 bits per heavy atom. The molecule has 0 N–H and O–H groups in total. The van der Waals surface area contributed by atoms with E-state index in [1.807, 2.05) is 17.8 Å². The lowest BCUT2D eigenvalue weighted by molar-refractivity contribution is 0.101. The van der Waals surface area contributed by atoms with E-state index < -0.39 is 5.82 Å². The second-order valence-corrected chi connectivity index (χ2v) is 7.12. The van der Waals surface area contributed by atoms with Crippen LogP contribution in [-0.2, 0) is 0 Å². The number of hydrogen-bond acceptors (Lipinski definition) is 5. The molecule has 6 heteroatoms. The van der Waals surface area contributed by atoms with Crippen LogP contribution in [0.3, 0.4) is 0 Å². The maximum absolute atomic E-state index is 13.9. The number of halogens is 1. The predicted octanol–water partition coefficient (Wildman–Crippen LogP) is 2.64. The molecule has 1 aromatic carbocycles. The Bertz CT molecular complexity index is 611. The molecule has 4 nitrogen and oxygen atoms in total. The summed E-state index contributed by atoms with van der Waals surface area (Å²) in [6.07, 6.45) is 0. The van der Waals surface area contributed by atoms with Gasteiger partial charge in [-0.15, -0.1) is 0 Å². The van der Waals surface area contributed by atoms with Crippen LogP contribution in [-0.4, -0.2) is 53.8 Å². The van der Waals surface area contributed by atoms with E-state index in [1.165, 1.54) is 13.0 Å². The quantitative estimate of drug-likeness (QED) is 0.785. The number of Topliss-reactive ketones (excluding diaryl/α,β-unsaturated/α-hetero) is 1. The molecule has 22 heavy (non-hydrogen) atoms. The molecule has 1 saturated heterocycles. The molecule has 2 aliphatic heterocycles. The molecule has 0 bridgehead atoms. The molecular weight excluding hydrogens is 301 g/mol. The van der Waals surface area contributed by atoms with Gasteiger partial charge in [0.25, 0.3) is 0 Å². The minimum absolute atomic E-state index is 0.206. The van der Waals surface area contributed by atoms with Gasteiger partial charge in [-0.25, -0.2) is 4.39 Å². The molecule has 1 atom stereocenters. The van der Waals surface area contributed by atoms with Gasteiger partial charge in [-0.3, -0.25) is 9.79 Å². The fraction of sp³-hybridized carbons (Fsp3) is 0.500. The van der Waals surface area contributed by atoms with Crippen LogP contribution in [0, 0.1) is 5.82 Å². The first-order chi connectivity index (χ1) is 10.6. The maximum Gasteiger partial charge on any atom is 0.164 e. The Morgan fingerprint density at radius 3 is 2.55 bits per heavy atom. The zero-order valence-electron chi connectivity index (χ0n) is 12.9. The maximum atomic E-state index is 13.9. The van der Waals surface area contributed by atoms with Crippen LogP contribution in [0.15, 0.2) is 23.2 Å². The van der Waals surface area contributed by atoms with Gasteiger partial charge in [0.05, 0.1) is 17.8 Å². The first-order valence-corrected chi connectivity index (χ1v) is 8.44. The Kier molecular flexibility index (Phi) is 4.38. The fourth-order valence-electron chi connectivity index (χ4n) is 2.90. The summed E-state index contributed by atoms with van der Waals surface area (Å²) >= 11 is 1.82. The van der Waals surface area contributed by atoms with E-state index in [0.717, 1.165) is 37.9 Å². The van der Waals surface area contributed by atoms with Gasteiger partial charge in [0.2, 0.25) is 0 Å². The molecule has 0 unspecified atom stereocenters. The number of rotatable bonds is 2. The smallest absolute Gasteiger partial charge is 0.164 e. The van der Waals surface area contributed by atoms with Gasteiger partial charge in [0.15, 0.2) is 11.0 Å². The van der Waals surface area contributed by atoms with E-state index in [0.29, 0.717) is 10.9 Å². The number of carbonyl (C=O) groups is 1. The number of thioether (sulfide) groups is 1. The van der Waals surface area contributed by atoms with Crippen molar-refractivity contribution in [2.75, 3.05) is 37.6 Å². The van der Waals surface area contributed by atoms with Gasteiger partial charge in [-0.05, 0) is 19.1 Å². The molecule has 1 aromatic rings. The lowest BCUT2D eigenvalue weighted by Gasteiger charge is -2.37. The van der Waals surface area contributed by atoms with E-state index >= 15 is 0 Å². The second-order valence-electron chi connectivity index (χ2n) is 5.72. The Hall–Kier alpha value is -1.56. The average molecular weight is 321 g/mol. The van der Waals surface area contributed by atoms with E-state index in [-0.39, 0.29) is 11.3 Å². The Labute approximate surface area is 134 Å². The Morgan fingerprint density at radius 1 is 1.27 bits per heavy atom. The topological polar surface area (TPSA) is 35.9 Å². The number of carbonyl (C=O) groups excluding carboxylic acids is 1. The molecule has 1 fully saturated rings. The van der Waals surface area contributed by atoms with Gasteiger partial charge in [0.1, 0.15) is 5.82 Å². The zero-order chi connectivity index (χ0) is 15.7. The molecule has 0 aromatic heterocycles. The number of anilines is 1. The van der Waals surface area contributed by atoms with Gasteiger partial charge < -0.3 is 9.80 Å². The van der Waals surface area contributed by atoms with Crippen LogP contribution in [0.1, 0.15) is 24.2 Å². The first-order valence-electron chi connectivity index (χ1n) is 7.56. The molecule has 0 spiro atoms. The summed E-state index contributed by atoms with van der Waals surface area (Å²) in [5.74, 6) is -0.656. The number of hydrogen-bond donors (Lipinski definition) is 0. The number of ketones is 1. The van der Waals surface area contributed by atoms with E-state index in [9.17, 15) is 9.18 Å². The molecule has 0 aliphatic carbocycles. The average Bonchev–Trinajstić information content (AvgIpc) is 2.93. The number of benzene rings is 1. The summed E-state index contributed by atoms with van der Waals surface area (Å²) in [5, 5.41) is 1.68. The second kappa shape index (κ2) is 6.28. The van der Waals surface area contributed by atoms with Crippen LogP contribution in [0.25, 0.3) is 0 Å². The molecule has 0 amide bonds. The van der Waals surface area contributed by atoms with E-state index in [4.69, 9.17) is 0 Å². The SMILES string of the molecule is CC(=O)c1c(F)cccc1N1CCN(C2=NC[C@@H](C)S2)CC1. The van der Waals surface area contributed by atoms with Crippen molar-refractivity contribution in [3.05, 3.63) is 29.6 Å². The largest absolute Gasteiger partial charge is 0.367 e. The van der Waals surface area contributed by atoms with Crippen molar-refractivity contribution in [3.63, 3.8) is 0 Å². The summed E-state index contributed by atoms with van der Waals surface area (Å²) in [4.78, 5) is 20.7. The summed E-state index contributed by atoms with van der Waals surface area (Å²) in [5.41, 5.74) is 0.915. The Balaban J connectivity index is 1.72.